The summed E-state index contributed by atoms with van der Waals surface area (Å²) in [6, 6.07) is 27.2. The predicted octanol–water partition coefficient (Wildman–Crippen LogP) is 3.74. The third-order valence-electron chi connectivity index (χ3n) is 4.38. The number of rotatable bonds is 5. The monoisotopic (exact) mass is 555 g/mol. The third-order valence-corrected chi connectivity index (χ3v) is 14.4. The predicted molar refractivity (Wildman–Crippen MR) is 122 cm³/mol. The van der Waals surface area contributed by atoms with E-state index >= 15 is 0 Å². The van der Waals surface area contributed by atoms with Crippen molar-refractivity contribution in [1.82, 2.24) is 5.32 Å². The van der Waals surface area contributed by atoms with Gasteiger partial charge in [-0.1, -0.05) is 13.8 Å². The molecule has 0 unspecified atom stereocenters. The summed E-state index contributed by atoms with van der Waals surface area (Å²) in [5.74, 6) is 0. The molecule has 0 aliphatic rings. The van der Waals surface area contributed by atoms with Crippen LogP contribution in [0.3, 0.4) is 0 Å². The number of nitrogens with one attached hydrogen (secondary N) is 1. The Labute approximate surface area is 173 Å². The summed E-state index contributed by atoms with van der Waals surface area (Å²) in [5, 5.41) is 3.11. The molecule has 3 aromatic rings. The van der Waals surface area contributed by atoms with Crippen molar-refractivity contribution in [2.24, 2.45) is 0 Å². The van der Waals surface area contributed by atoms with Crippen LogP contribution in [0.1, 0.15) is 30.5 Å². The van der Waals surface area contributed by atoms with Gasteiger partial charge in [0.2, 0.25) is 0 Å². The molecule has 0 spiro atoms. The standard InChI is InChI=1S/3C7H7.C4H11N.Bi/c3*1-7-5-3-2-4-6-7;1-3-5-4-2;/h2*2-3,5-6H,1H3;2-5H,1H3;5H,3-4H2,1-2H3;. The average Bonchev–Trinajstić information content (AvgIpc) is 2.65. The van der Waals surface area contributed by atoms with Crippen molar-refractivity contribution in [3.8, 4) is 0 Å². The van der Waals surface area contributed by atoms with Crippen LogP contribution in [0.2, 0.25) is 0 Å². The van der Waals surface area contributed by atoms with Gasteiger partial charge in [-0.3, -0.25) is 0 Å². The van der Waals surface area contributed by atoms with Crippen molar-refractivity contribution in [1.29, 1.82) is 0 Å². The van der Waals surface area contributed by atoms with Gasteiger partial charge in [-0.25, -0.2) is 0 Å². The van der Waals surface area contributed by atoms with Crippen molar-refractivity contribution >= 4 is 31.6 Å². The summed E-state index contributed by atoms with van der Waals surface area (Å²) in [6.07, 6.45) is 0. The summed E-state index contributed by atoms with van der Waals surface area (Å²) in [6.45, 7) is 13.0. The molecule has 0 aliphatic carbocycles. The Morgan fingerprint density at radius 3 is 1.59 bits per heavy atom. The Kier molecular flexibility index (Phi) is 9.18. The average molecular weight is 556 g/mol. The topological polar surface area (TPSA) is 12.0 Å². The van der Waals surface area contributed by atoms with Crippen molar-refractivity contribution < 1.29 is 0 Å². The van der Waals surface area contributed by atoms with Gasteiger partial charge in [0.15, 0.2) is 0 Å². The Morgan fingerprint density at radius 2 is 1.19 bits per heavy atom. The summed E-state index contributed by atoms with van der Waals surface area (Å²) >= 11 is -2.20. The first-order valence-corrected chi connectivity index (χ1v) is 15.0. The fourth-order valence-electron chi connectivity index (χ4n) is 3.03. The van der Waals surface area contributed by atoms with Gasteiger partial charge < -0.3 is 5.32 Å². The van der Waals surface area contributed by atoms with E-state index in [2.05, 4.69) is 113 Å². The van der Waals surface area contributed by atoms with E-state index < -0.39 is 21.8 Å². The SMILES string of the molecule is CCNCC.Cc1ccc[c]([Bi]([c]2cccc(C)c2)[c]2ccccc2C)c1. The van der Waals surface area contributed by atoms with E-state index in [1.807, 2.05) is 0 Å². The second kappa shape index (κ2) is 11.4. The van der Waals surface area contributed by atoms with Gasteiger partial charge in [0.05, 0.1) is 0 Å². The second-order valence-electron chi connectivity index (χ2n) is 6.76. The van der Waals surface area contributed by atoms with Crippen LogP contribution in [0, 0.1) is 20.8 Å². The Balaban J connectivity index is 0.000000465. The summed E-state index contributed by atoms with van der Waals surface area (Å²) < 4.78 is 4.72. The second-order valence-corrected chi connectivity index (χ2v) is 15.3. The number of hydrogen-bond donors (Lipinski definition) is 1. The third kappa shape index (κ3) is 6.56. The maximum absolute atomic E-state index is 3.11. The molecule has 0 aliphatic heterocycles. The van der Waals surface area contributed by atoms with Gasteiger partial charge in [-0.2, -0.15) is 0 Å². The molecule has 2 heteroatoms. The molecule has 27 heavy (non-hydrogen) atoms. The first-order valence-electron chi connectivity index (χ1n) is 9.76. The molecule has 3 rings (SSSR count). The van der Waals surface area contributed by atoms with E-state index in [1.165, 1.54) is 16.7 Å². The molecular formula is C25H32BiN. The molecule has 0 atom stereocenters. The van der Waals surface area contributed by atoms with Crippen molar-refractivity contribution in [3.63, 3.8) is 0 Å². The quantitative estimate of drug-likeness (QED) is 0.474. The van der Waals surface area contributed by atoms with Gasteiger partial charge >= 0.3 is 142 Å². The molecule has 0 bridgehead atoms. The summed E-state index contributed by atoms with van der Waals surface area (Å²) in [4.78, 5) is 0. The normalized spacial score (nSPS) is 10.4. The van der Waals surface area contributed by atoms with Crippen molar-refractivity contribution in [2.45, 2.75) is 34.6 Å². The van der Waals surface area contributed by atoms with Crippen LogP contribution in [-0.4, -0.2) is 34.8 Å². The minimum absolute atomic E-state index is 1.09. The zero-order chi connectivity index (χ0) is 19.6. The number of benzene rings is 3. The van der Waals surface area contributed by atoms with Crippen LogP contribution >= 0.6 is 0 Å². The fourth-order valence-corrected chi connectivity index (χ4v) is 13.3. The molecule has 3 aromatic carbocycles. The Hall–Kier alpha value is -1.50. The molecule has 142 valence electrons. The Morgan fingerprint density at radius 1 is 0.667 bits per heavy atom. The van der Waals surface area contributed by atoms with Crippen molar-refractivity contribution in [2.75, 3.05) is 13.1 Å². The molecular weight excluding hydrogens is 523 g/mol. The minimum atomic E-state index is -2.20. The van der Waals surface area contributed by atoms with Crippen LogP contribution in [-0.2, 0) is 0 Å². The van der Waals surface area contributed by atoms with Gasteiger partial charge in [-0.05, 0) is 13.1 Å². The molecule has 0 fully saturated rings. The first kappa shape index (κ1) is 21.8. The zero-order valence-corrected chi connectivity index (χ0v) is 20.8. The molecule has 1 N–H and O–H groups in total. The molecule has 1 nitrogen and oxygen atoms in total. The van der Waals surface area contributed by atoms with Gasteiger partial charge in [0.1, 0.15) is 0 Å². The summed E-state index contributed by atoms with van der Waals surface area (Å²) in [5.41, 5.74) is 4.15. The van der Waals surface area contributed by atoms with E-state index in [0.717, 1.165) is 13.1 Å². The molecule has 0 amide bonds. The van der Waals surface area contributed by atoms with Crippen LogP contribution in [0.25, 0.3) is 0 Å². The molecule has 0 aromatic heterocycles. The molecule has 0 radical (unpaired) electrons. The molecule has 0 saturated heterocycles. The van der Waals surface area contributed by atoms with E-state index in [-0.39, 0.29) is 0 Å². The number of aryl methyl sites for hydroxylation is 3. The van der Waals surface area contributed by atoms with E-state index in [1.54, 1.807) is 9.81 Å². The van der Waals surface area contributed by atoms with E-state index in [0.29, 0.717) is 0 Å². The van der Waals surface area contributed by atoms with Crippen molar-refractivity contribution in [3.05, 3.63) is 89.5 Å². The van der Waals surface area contributed by atoms with Crippen LogP contribution in [0.5, 0.6) is 0 Å². The van der Waals surface area contributed by atoms with E-state index in [4.69, 9.17) is 0 Å². The fraction of sp³-hybridized carbons (Fsp3) is 0.280. The van der Waals surface area contributed by atoms with Gasteiger partial charge in [0, 0.05) is 0 Å². The maximum atomic E-state index is 3.11. The first-order chi connectivity index (χ1) is 13.1. The van der Waals surface area contributed by atoms with Gasteiger partial charge in [-0.15, -0.1) is 0 Å². The number of hydrogen-bond acceptors (Lipinski definition) is 1. The van der Waals surface area contributed by atoms with Crippen LogP contribution < -0.4 is 15.1 Å². The Bertz CT molecular complexity index is 793. The molecule has 0 saturated carbocycles. The van der Waals surface area contributed by atoms with Gasteiger partial charge in [0.25, 0.3) is 0 Å². The van der Waals surface area contributed by atoms with E-state index in [9.17, 15) is 0 Å². The zero-order valence-electron chi connectivity index (χ0n) is 17.3. The van der Waals surface area contributed by atoms with Crippen LogP contribution in [0.4, 0.5) is 0 Å². The summed E-state index contributed by atoms with van der Waals surface area (Å²) in [7, 11) is 0. The molecule has 0 heterocycles. The van der Waals surface area contributed by atoms with Crippen LogP contribution in [0.15, 0.2) is 72.8 Å².